The SMILES string of the molecule is CCNC(=NCC(C)(C)NS(C)(=O)=O)N1CCN(Cc2c(F)cccc2Cl)CC1. The predicted molar refractivity (Wildman–Crippen MR) is 116 cm³/mol. The number of aliphatic imine (C=N–C) groups is 1. The molecule has 0 aliphatic carbocycles. The Morgan fingerprint density at radius 2 is 1.93 bits per heavy atom. The molecule has 0 radical (unpaired) electrons. The summed E-state index contributed by atoms with van der Waals surface area (Å²) in [5.41, 5.74) is -0.158. The van der Waals surface area contributed by atoms with Gasteiger partial charge in [0, 0.05) is 55.4 Å². The smallest absolute Gasteiger partial charge is 0.209 e. The zero-order chi connectivity index (χ0) is 21.7. The second-order valence-corrected chi connectivity index (χ2v) is 10.0. The lowest BCUT2D eigenvalue weighted by atomic mass is 10.1. The lowest BCUT2D eigenvalue weighted by Crippen LogP contribution is -2.53. The molecule has 1 aliphatic rings. The fraction of sp³-hybridized carbons (Fsp3) is 0.632. The fourth-order valence-corrected chi connectivity index (χ4v) is 4.55. The first-order valence-electron chi connectivity index (χ1n) is 9.68. The van der Waals surface area contributed by atoms with Gasteiger partial charge in [-0.05, 0) is 32.9 Å². The fourth-order valence-electron chi connectivity index (χ4n) is 3.26. The summed E-state index contributed by atoms with van der Waals surface area (Å²) >= 11 is 6.14. The molecule has 1 heterocycles. The van der Waals surface area contributed by atoms with Crippen LogP contribution in [0.25, 0.3) is 0 Å². The molecule has 1 aliphatic heterocycles. The first kappa shape index (κ1) is 23.9. The molecule has 29 heavy (non-hydrogen) atoms. The first-order valence-corrected chi connectivity index (χ1v) is 11.9. The van der Waals surface area contributed by atoms with E-state index in [0.29, 0.717) is 30.2 Å². The molecular weight excluding hydrogens is 417 g/mol. The van der Waals surface area contributed by atoms with Crippen molar-refractivity contribution in [1.29, 1.82) is 0 Å². The highest BCUT2D eigenvalue weighted by Crippen LogP contribution is 2.21. The molecule has 1 fully saturated rings. The van der Waals surface area contributed by atoms with Crippen LogP contribution >= 0.6 is 11.6 Å². The van der Waals surface area contributed by atoms with E-state index in [1.807, 2.05) is 6.92 Å². The molecular formula is C19H31ClFN5O2S. The van der Waals surface area contributed by atoms with E-state index >= 15 is 0 Å². The van der Waals surface area contributed by atoms with Crippen molar-refractivity contribution in [3.8, 4) is 0 Å². The van der Waals surface area contributed by atoms with E-state index in [2.05, 4.69) is 24.8 Å². The van der Waals surface area contributed by atoms with Gasteiger partial charge < -0.3 is 10.2 Å². The molecule has 10 heteroatoms. The van der Waals surface area contributed by atoms with Gasteiger partial charge in [-0.25, -0.2) is 17.5 Å². The van der Waals surface area contributed by atoms with Gasteiger partial charge in [-0.3, -0.25) is 9.89 Å². The molecule has 7 nitrogen and oxygen atoms in total. The number of benzene rings is 1. The molecule has 0 spiro atoms. The minimum absolute atomic E-state index is 0.282. The highest BCUT2D eigenvalue weighted by Gasteiger charge is 2.24. The Bertz CT molecular complexity index is 804. The Labute approximate surface area is 178 Å². The second-order valence-electron chi connectivity index (χ2n) is 7.89. The van der Waals surface area contributed by atoms with E-state index in [4.69, 9.17) is 11.6 Å². The monoisotopic (exact) mass is 447 g/mol. The van der Waals surface area contributed by atoms with Crippen molar-refractivity contribution in [1.82, 2.24) is 19.8 Å². The Morgan fingerprint density at radius 3 is 2.48 bits per heavy atom. The summed E-state index contributed by atoms with van der Waals surface area (Å²) in [6.45, 7) is 10.1. The van der Waals surface area contributed by atoms with E-state index in [-0.39, 0.29) is 5.82 Å². The molecule has 0 bridgehead atoms. The van der Waals surface area contributed by atoms with Crippen LogP contribution in [0.15, 0.2) is 23.2 Å². The van der Waals surface area contributed by atoms with E-state index in [0.717, 1.165) is 38.4 Å². The van der Waals surface area contributed by atoms with Crippen molar-refractivity contribution in [2.24, 2.45) is 4.99 Å². The number of guanidine groups is 1. The van der Waals surface area contributed by atoms with E-state index in [1.54, 1.807) is 26.0 Å². The van der Waals surface area contributed by atoms with Gasteiger partial charge >= 0.3 is 0 Å². The summed E-state index contributed by atoms with van der Waals surface area (Å²) in [6, 6.07) is 4.75. The summed E-state index contributed by atoms with van der Waals surface area (Å²) in [5.74, 6) is 0.467. The molecule has 2 N–H and O–H groups in total. The Morgan fingerprint density at radius 1 is 1.28 bits per heavy atom. The molecule has 2 rings (SSSR count). The van der Waals surface area contributed by atoms with Crippen molar-refractivity contribution in [2.45, 2.75) is 32.9 Å². The highest BCUT2D eigenvalue weighted by molar-refractivity contribution is 7.88. The third-order valence-electron chi connectivity index (χ3n) is 4.54. The van der Waals surface area contributed by atoms with Crippen molar-refractivity contribution >= 4 is 27.6 Å². The summed E-state index contributed by atoms with van der Waals surface area (Å²) in [5, 5.41) is 3.72. The summed E-state index contributed by atoms with van der Waals surface area (Å²) in [6.07, 6.45) is 1.14. The van der Waals surface area contributed by atoms with E-state index in [1.165, 1.54) is 6.07 Å². The maximum Gasteiger partial charge on any atom is 0.209 e. The number of nitrogens with zero attached hydrogens (tertiary/aromatic N) is 3. The van der Waals surface area contributed by atoms with Crippen LogP contribution in [0.2, 0.25) is 5.02 Å². The van der Waals surface area contributed by atoms with Gasteiger partial charge in [-0.15, -0.1) is 0 Å². The minimum Gasteiger partial charge on any atom is -0.357 e. The van der Waals surface area contributed by atoms with Gasteiger partial charge in [0.15, 0.2) is 5.96 Å². The van der Waals surface area contributed by atoms with Gasteiger partial charge in [0.2, 0.25) is 10.0 Å². The number of rotatable bonds is 7. The Balaban J connectivity index is 1.98. The predicted octanol–water partition coefficient (Wildman–Crippen LogP) is 1.89. The summed E-state index contributed by atoms with van der Waals surface area (Å²) in [7, 11) is -3.31. The number of nitrogens with one attached hydrogen (secondary N) is 2. The average Bonchev–Trinajstić information content (AvgIpc) is 2.60. The average molecular weight is 448 g/mol. The molecule has 0 aromatic heterocycles. The third kappa shape index (κ3) is 7.73. The molecule has 0 amide bonds. The van der Waals surface area contributed by atoms with Crippen LogP contribution in [0.5, 0.6) is 0 Å². The van der Waals surface area contributed by atoms with Gasteiger partial charge in [-0.1, -0.05) is 17.7 Å². The summed E-state index contributed by atoms with van der Waals surface area (Å²) in [4.78, 5) is 8.94. The first-order chi connectivity index (χ1) is 13.5. The van der Waals surface area contributed by atoms with Gasteiger partial charge in [0.05, 0.1) is 12.8 Å². The van der Waals surface area contributed by atoms with Gasteiger partial charge in [0.1, 0.15) is 5.82 Å². The number of sulfonamides is 1. The number of halogens is 2. The van der Waals surface area contributed by atoms with Crippen molar-refractivity contribution in [3.63, 3.8) is 0 Å². The normalized spacial score (nSPS) is 16.9. The highest BCUT2D eigenvalue weighted by atomic mass is 35.5. The number of hydrogen-bond donors (Lipinski definition) is 2. The standard InChI is InChI=1S/C19H31ClFN5O2S/c1-5-22-18(23-14-19(2,3)24-29(4,27)28)26-11-9-25(10-12-26)13-15-16(20)7-6-8-17(15)21/h6-8,24H,5,9-14H2,1-4H3,(H,22,23). The minimum atomic E-state index is -3.31. The zero-order valence-corrected chi connectivity index (χ0v) is 19.1. The topological polar surface area (TPSA) is 77.0 Å². The molecule has 0 atom stereocenters. The second kappa shape index (κ2) is 10.1. The lowest BCUT2D eigenvalue weighted by Gasteiger charge is -2.37. The zero-order valence-electron chi connectivity index (χ0n) is 17.5. The Kier molecular flexibility index (Phi) is 8.28. The molecule has 1 aromatic carbocycles. The lowest BCUT2D eigenvalue weighted by molar-refractivity contribution is 0.171. The quantitative estimate of drug-likeness (QED) is 0.493. The van der Waals surface area contributed by atoms with Crippen LogP contribution in [0.1, 0.15) is 26.3 Å². The van der Waals surface area contributed by atoms with Crippen molar-refractivity contribution in [2.75, 3.05) is 45.5 Å². The number of hydrogen-bond acceptors (Lipinski definition) is 4. The molecule has 0 saturated carbocycles. The van der Waals surface area contributed by atoms with E-state index in [9.17, 15) is 12.8 Å². The molecule has 164 valence electrons. The molecule has 0 unspecified atom stereocenters. The van der Waals surface area contributed by atoms with Crippen LogP contribution in [-0.4, -0.2) is 75.2 Å². The third-order valence-corrected chi connectivity index (χ3v) is 5.81. The van der Waals surface area contributed by atoms with Gasteiger partial charge in [0.25, 0.3) is 0 Å². The largest absolute Gasteiger partial charge is 0.357 e. The Hall–Kier alpha value is -1.42. The van der Waals surface area contributed by atoms with Crippen LogP contribution in [-0.2, 0) is 16.6 Å². The van der Waals surface area contributed by atoms with Crippen LogP contribution in [0.3, 0.4) is 0 Å². The summed E-state index contributed by atoms with van der Waals surface area (Å²) < 4.78 is 39.7. The maximum atomic E-state index is 14.0. The molecule has 1 saturated heterocycles. The molecule has 1 aromatic rings. The van der Waals surface area contributed by atoms with E-state index < -0.39 is 15.6 Å². The van der Waals surface area contributed by atoms with Crippen LogP contribution in [0, 0.1) is 5.82 Å². The van der Waals surface area contributed by atoms with Crippen LogP contribution in [0.4, 0.5) is 4.39 Å². The van der Waals surface area contributed by atoms with Gasteiger partial charge in [-0.2, -0.15) is 0 Å². The van der Waals surface area contributed by atoms with Crippen molar-refractivity contribution in [3.05, 3.63) is 34.6 Å². The van der Waals surface area contributed by atoms with Crippen molar-refractivity contribution < 1.29 is 12.8 Å². The number of piperazine rings is 1. The van der Waals surface area contributed by atoms with Crippen LogP contribution < -0.4 is 10.0 Å². The maximum absolute atomic E-state index is 14.0.